The highest BCUT2D eigenvalue weighted by Crippen LogP contribution is 2.32. The molecule has 1 heterocycles. The van der Waals surface area contributed by atoms with Gasteiger partial charge in [0.2, 0.25) is 0 Å². The number of carbonyl (C=O) groups excluding carboxylic acids is 1. The van der Waals surface area contributed by atoms with Crippen molar-refractivity contribution in [2.24, 2.45) is 0 Å². The largest absolute Gasteiger partial charge is 0.417 e. The van der Waals surface area contributed by atoms with E-state index in [1.54, 1.807) is 0 Å². The fourth-order valence-electron chi connectivity index (χ4n) is 1.94. The Balaban J connectivity index is 1.88. The number of halogens is 4. The van der Waals surface area contributed by atoms with Crippen molar-refractivity contribution in [2.75, 3.05) is 18.4 Å². The van der Waals surface area contributed by atoms with E-state index < -0.39 is 22.6 Å². The number of hydrogen-bond donors (Lipinski definition) is 2. The first-order valence-corrected chi connectivity index (χ1v) is 7.55. The lowest BCUT2D eigenvalue weighted by atomic mass is 10.2. The maximum Gasteiger partial charge on any atom is 0.417 e. The zero-order valence-electron chi connectivity index (χ0n) is 13.0. The van der Waals surface area contributed by atoms with Crippen LogP contribution in [0.4, 0.5) is 24.7 Å². The minimum atomic E-state index is -4.54. The molecular weight excluding hydrogens is 377 g/mol. The van der Waals surface area contributed by atoms with Crippen LogP contribution in [-0.4, -0.2) is 28.9 Å². The Morgan fingerprint density at radius 1 is 1.27 bits per heavy atom. The number of benzene rings is 1. The van der Waals surface area contributed by atoms with Crippen molar-refractivity contribution >= 4 is 29.0 Å². The van der Waals surface area contributed by atoms with Gasteiger partial charge in [-0.15, -0.1) is 0 Å². The molecule has 0 aliphatic rings. The van der Waals surface area contributed by atoms with E-state index in [0.717, 1.165) is 12.1 Å². The molecule has 7 nitrogen and oxygen atoms in total. The number of rotatable bonds is 6. The number of alkyl halides is 3. The van der Waals surface area contributed by atoms with E-state index in [0.29, 0.717) is 6.20 Å². The highest BCUT2D eigenvalue weighted by molar-refractivity contribution is 6.32. The highest BCUT2D eigenvalue weighted by atomic mass is 35.5. The normalized spacial score (nSPS) is 11.1. The second-order valence-corrected chi connectivity index (χ2v) is 5.45. The van der Waals surface area contributed by atoms with Crippen molar-refractivity contribution in [1.82, 2.24) is 10.3 Å². The lowest BCUT2D eigenvalue weighted by Crippen LogP contribution is -2.29. The summed E-state index contributed by atoms with van der Waals surface area (Å²) in [5.41, 5.74) is -1.06. The third-order valence-electron chi connectivity index (χ3n) is 3.19. The second-order valence-electron chi connectivity index (χ2n) is 5.04. The summed E-state index contributed by atoms with van der Waals surface area (Å²) in [5.74, 6) is -0.480. The van der Waals surface area contributed by atoms with Crippen molar-refractivity contribution in [3.8, 4) is 0 Å². The summed E-state index contributed by atoms with van der Waals surface area (Å²) in [4.78, 5) is 25.6. The third kappa shape index (κ3) is 5.06. The number of anilines is 1. The van der Waals surface area contributed by atoms with Crippen LogP contribution in [0.2, 0.25) is 5.02 Å². The predicted molar refractivity (Wildman–Crippen MR) is 88.2 cm³/mol. The molecule has 0 fully saturated rings. The first-order valence-electron chi connectivity index (χ1n) is 7.18. The number of nitrogens with zero attached hydrogens (tertiary/aromatic N) is 2. The molecule has 1 aromatic heterocycles. The van der Waals surface area contributed by atoms with Crippen LogP contribution in [0.15, 0.2) is 36.5 Å². The summed E-state index contributed by atoms with van der Waals surface area (Å²) in [7, 11) is 0. The Kier molecular flexibility index (Phi) is 5.98. The smallest absolute Gasteiger partial charge is 0.367 e. The minimum absolute atomic E-state index is 0.0456. The summed E-state index contributed by atoms with van der Waals surface area (Å²) in [6.07, 6.45) is -3.89. The van der Waals surface area contributed by atoms with Crippen molar-refractivity contribution in [1.29, 1.82) is 0 Å². The molecule has 1 amide bonds. The molecule has 0 radical (unpaired) electrons. The molecule has 0 saturated carbocycles. The van der Waals surface area contributed by atoms with Gasteiger partial charge in [-0.1, -0.05) is 17.7 Å². The average molecular weight is 389 g/mol. The second kappa shape index (κ2) is 8.00. The minimum Gasteiger partial charge on any atom is -0.367 e. The van der Waals surface area contributed by atoms with Crippen molar-refractivity contribution < 1.29 is 22.9 Å². The zero-order chi connectivity index (χ0) is 19.3. The van der Waals surface area contributed by atoms with Gasteiger partial charge in [-0.05, 0) is 12.1 Å². The summed E-state index contributed by atoms with van der Waals surface area (Å²) in [6.45, 7) is 0.235. The van der Waals surface area contributed by atoms with Gasteiger partial charge in [0.05, 0.1) is 15.5 Å². The van der Waals surface area contributed by atoms with Gasteiger partial charge in [-0.3, -0.25) is 14.9 Å². The van der Waals surface area contributed by atoms with Crippen molar-refractivity contribution in [2.45, 2.75) is 6.18 Å². The fraction of sp³-hybridized carbons (Fsp3) is 0.200. The van der Waals surface area contributed by atoms with Crippen LogP contribution in [0.25, 0.3) is 0 Å². The predicted octanol–water partition coefficient (Wildman–Crippen LogP) is 3.50. The van der Waals surface area contributed by atoms with E-state index in [4.69, 9.17) is 11.6 Å². The molecular formula is C15H12ClF3N4O3. The summed E-state index contributed by atoms with van der Waals surface area (Å²) in [5, 5.41) is 15.7. The number of carbonyl (C=O) groups is 1. The third-order valence-corrected chi connectivity index (χ3v) is 3.48. The summed E-state index contributed by atoms with van der Waals surface area (Å²) < 4.78 is 37.6. The topological polar surface area (TPSA) is 97.2 Å². The molecule has 0 unspecified atom stereocenters. The molecule has 2 rings (SSSR count). The first kappa shape index (κ1) is 19.4. The molecule has 0 aliphatic carbocycles. The number of non-ortho nitro benzene ring substituents is 1. The van der Waals surface area contributed by atoms with Gasteiger partial charge in [-0.25, -0.2) is 4.98 Å². The molecule has 0 saturated heterocycles. The van der Waals surface area contributed by atoms with E-state index in [9.17, 15) is 28.1 Å². The molecule has 0 atom stereocenters. The van der Waals surface area contributed by atoms with Crippen LogP contribution in [-0.2, 0) is 6.18 Å². The molecule has 0 aliphatic heterocycles. The summed E-state index contributed by atoms with van der Waals surface area (Å²) in [6, 6.07) is 5.95. The monoisotopic (exact) mass is 388 g/mol. The Labute approximate surface area is 150 Å². The maximum atomic E-state index is 12.5. The van der Waals surface area contributed by atoms with Gasteiger partial charge in [0, 0.05) is 37.0 Å². The molecule has 2 N–H and O–H groups in total. The number of nitro benzene ring substituents is 1. The average Bonchev–Trinajstić information content (AvgIpc) is 2.58. The van der Waals surface area contributed by atoms with E-state index >= 15 is 0 Å². The lowest BCUT2D eigenvalue weighted by molar-refractivity contribution is -0.384. The maximum absolute atomic E-state index is 12.5. The van der Waals surface area contributed by atoms with Gasteiger partial charge < -0.3 is 10.6 Å². The Hall–Kier alpha value is -2.88. The van der Waals surface area contributed by atoms with Crippen LogP contribution >= 0.6 is 11.6 Å². The summed E-state index contributed by atoms with van der Waals surface area (Å²) >= 11 is 5.74. The first-order chi connectivity index (χ1) is 12.2. The quantitative estimate of drug-likeness (QED) is 0.448. The number of aromatic nitrogens is 1. The SMILES string of the molecule is O=C(NCCNc1ncc(C(F)(F)F)cc1Cl)c1cccc([N+](=O)[O-])c1. The number of amides is 1. The molecule has 26 heavy (non-hydrogen) atoms. The highest BCUT2D eigenvalue weighted by Gasteiger charge is 2.31. The van der Waals surface area contributed by atoms with Gasteiger partial charge in [0.1, 0.15) is 5.82 Å². The number of hydrogen-bond acceptors (Lipinski definition) is 5. The molecule has 11 heteroatoms. The zero-order valence-corrected chi connectivity index (χ0v) is 13.8. The van der Waals surface area contributed by atoms with Crippen LogP contribution < -0.4 is 10.6 Å². The van der Waals surface area contributed by atoms with E-state index in [2.05, 4.69) is 15.6 Å². The van der Waals surface area contributed by atoms with Crippen LogP contribution in [0.3, 0.4) is 0 Å². The standard InChI is InChI=1S/C15H12ClF3N4O3/c16-12-7-10(15(17,18)19)8-22-13(12)20-4-5-21-14(24)9-2-1-3-11(6-9)23(25)26/h1-3,6-8H,4-5H2,(H,20,22)(H,21,24). The number of pyridine rings is 1. The van der Waals surface area contributed by atoms with Crippen molar-refractivity contribution in [3.05, 3.63) is 62.8 Å². The molecule has 1 aromatic carbocycles. The fourth-order valence-corrected chi connectivity index (χ4v) is 2.18. The van der Waals surface area contributed by atoms with Crippen LogP contribution in [0.5, 0.6) is 0 Å². The van der Waals surface area contributed by atoms with Crippen LogP contribution in [0.1, 0.15) is 15.9 Å². The lowest BCUT2D eigenvalue weighted by Gasteiger charge is -2.11. The Morgan fingerprint density at radius 2 is 2.00 bits per heavy atom. The van der Waals surface area contributed by atoms with E-state index in [1.807, 2.05) is 0 Å². The Morgan fingerprint density at radius 3 is 2.62 bits per heavy atom. The molecule has 138 valence electrons. The van der Waals surface area contributed by atoms with Gasteiger partial charge in [0.15, 0.2) is 0 Å². The Bertz CT molecular complexity index is 830. The molecule has 0 bridgehead atoms. The number of nitrogens with one attached hydrogen (secondary N) is 2. The molecule has 0 spiro atoms. The van der Waals surface area contributed by atoms with Gasteiger partial charge in [0.25, 0.3) is 11.6 Å². The molecule has 2 aromatic rings. The van der Waals surface area contributed by atoms with E-state index in [-0.39, 0.29) is 35.2 Å². The van der Waals surface area contributed by atoms with Gasteiger partial charge in [-0.2, -0.15) is 13.2 Å². The van der Waals surface area contributed by atoms with Crippen molar-refractivity contribution in [3.63, 3.8) is 0 Å². The van der Waals surface area contributed by atoms with Crippen LogP contribution in [0, 0.1) is 10.1 Å². The van der Waals surface area contributed by atoms with Gasteiger partial charge >= 0.3 is 6.18 Å². The van der Waals surface area contributed by atoms with E-state index in [1.165, 1.54) is 18.2 Å². The number of nitro groups is 1.